The van der Waals surface area contributed by atoms with Crippen LogP contribution in [0.5, 0.6) is 0 Å². The van der Waals surface area contributed by atoms with Crippen molar-refractivity contribution in [1.29, 1.82) is 0 Å². The SMILES string of the molecule is CSCC[C@H](NC(=O)Cn1cnc2c1c(=O)n(C)c(=O)n2C)c1nc2ccccc2[nH]1. The molecule has 1 amide bonds. The molecule has 0 saturated carbocycles. The maximum atomic E-state index is 12.9. The van der Waals surface area contributed by atoms with E-state index in [1.54, 1.807) is 18.8 Å². The third-order valence-corrected chi connectivity index (χ3v) is 5.86. The monoisotopic (exact) mass is 441 g/mol. The summed E-state index contributed by atoms with van der Waals surface area (Å²) in [7, 11) is 2.95. The first-order chi connectivity index (χ1) is 14.9. The van der Waals surface area contributed by atoms with Crippen LogP contribution < -0.4 is 16.6 Å². The Morgan fingerprint density at radius 2 is 2.00 bits per heavy atom. The van der Waals surface area contributed by atoms with Gasteiger partial charge in [-0.1, -0.05) is 12.1 Å². The van der Waals surface area contributed by atoms with Crippen molar-refractivity contribution in [2.45, 2.75) is 19.0 Å². The van der Waals surface area contributed by atoms with Gasteiger partial charge in [0.15, 0.2) is 11.2 Å². The van der Waals surface area contributed by atoms with Crippen molar-refractivity contribution in [3.05, 3.63) is 57.3 Å². The van der Waals surface area contributed by atoms with Crippen molar-refractivity contribution in [2.24, 2.45) is 14.1 Å². The zero-order chi connectivity index (χ0) is 22.1. The smallest absolute Gasteiger partial charge is 0.332 e. The highest BCUT2D eigenvalue weighted by atomic mass is 32.2. The molecule has 2 N–H and O–H groups in total. The number of nitrogens with zero attached hydrogens (tertiary/aromatic N) is 5. The topological polar surface area (TPSA) is 120 Å². The fourth-order valence-corrected chi connectivity index (χ4v) is 4.03. The molecule has 0 unspecified atom stereocenters. The Kier molecular flexibility index (Phi) is 5.68. The van der Waals surface area contributed by atoms with E-state index < -0.39 is 11.2 Å². The summed E-state index contributed by atoms with van der Waals surface area (Å²) in [6, 6.07) is 7.41. The maximum Gasteiger partial charge on any atom is 0.332 e. The number of hydrogen-bond acceptors (Lipinski definition) is 6. The first-order valence-electron chi connectivity index (χ1n) is 9.74. The molecule has 0 saturated heterocycles. The van der Waals surface area contributed by atoms with E-state index in [0.717, 1.165) is 21.4 Å². The van der Waals surface area contributed by atoms with Crippen LogP contribution >= 0.6 is 11.8 Å². The van der Waals surface area contributed by atoms with Gasteiger partial charge in [0.1, 0.15) is 12.4 Å². The molecule has 0 aliphatic heterocycles. The van der Waals surface area contributed by atoms with Gasteiger partial charge in [0.2, 0.25) is 5.91 Å². The van der Waals surface area contributed by atoms with E-state index in [0.29, 0.717) is 12.2 Å². The highest BCUT2D eigenvalue weighted by Gasteiger charge is 2.20. The Balaban J connectivity index is 1.61. The summed E-state index contributed by atoms with van der Waals surface area (Å²) in [5.41, 5.74) is 1.26. The number of para-hydroxylation sites is 2. The van der Waals surface area contributed by atoms with Crippen LogP contribution in [0.15, 0.2) is 40.2 Å². The second-order valence-corrected chi connectivity index (χ2v) is 8.28. The van der Waals surface area contributed by atoms with Gasteiger partial charge >= 0.3 is 5.69 Å². The van der Waals surface area contributed by atoms with Crippen molar-refractivity contribution < 1.29 is 4.79 Å². The van der Waals surface area contributed by atoms with Crippen LogP contribution in [-0.2, 0) is 25.4 Å². The normalized spacial score (nSPS) is 12.5. The predicted molar refractivity (Wildman–Crippen MR) is 120 cm³/mol. The Morgan fingerprint density at radius 3 is 2.74 bits per heavy atom. The third kappa shape index (κ3) is 3.88. The molecule has 0 radical (unpaired) electrons. The second-order valence-electron chi connectivity index (χ2n) is 7.29. The average Bonchev–Trinajstić information content (AvgIpc) is 3.38. The molecule has 162 valence electrons. The fourth-order valence-electron chi connectivity index (χ4n) is 3.56. The number of benzene rings is 1. The van der Waals surface area contributed by atoms with Crippen LogP contribution in [0.1, 0.15) is 18.3 Å². The van der Waals surface area contributed by atoms with Crippen LogP contribution in [0.25, 0.3) is 22.2 Å². The van der Waals surface area contributed by atoms with Gasteiger partial charge in [-0.15, -0.1) is 0 Å². The van der Waals surface area contributed by atoms with Crippen molar-refractivity contribution >= 4 is 39.9 Å². The van der Waals surface area contributed by atoms with Gasteiger partial charge in [-0.3, -0.25) is 18.7 Å². The lowest BCUT2D eigenvalue weighted by atomic mass is 10.2. The van der Waals surface area contributed by atoms with Gasteiger partial charge in [-0.25, -0.2) is 14.8 Å². The molecule has 4 aromatic rings. The Morgan fingerprint density at radius 1 is 1.23 bits per heavy atom. The lowest BCUT2D eigenvalue weighted by Gasteiger charge is -2.16. The zero-order valence-corrected chi connectivity index (χ0v) is 18.3. The number of fused-ring (bicyclic) bond motifs is 2. The van der Waals surface area contributed by atoms with Gasteiger partial charge in [0.25, 0.3) is 5.56 Å². The van der Waals surface area contributed by atoms with Crippen LogP contribution in [0, 0.1) is 0 Å². The number of thioether (sulfide) groups is 1. The summed E-state index contributed by atoms with van der Waals surface area (Å²) in [5.74, 6) is 1.26. The van der Waals surface area contributed by atoms with E-state index in [1.165, 1.54) is 22.5 Å². The number of nitrogens with one attached hydrogen (secondary N) is 2. The van der Waals surface area contributed by atoms with E-state index in [2.05, 4.69) is 20.3 Å². The molecule has 1 atom stereocenters. The maximum absolute atomic E-state index is 12.9. The van der Waals surface area contributed by atoms with E-state index in [9.17, 15) is 14.4 Å². The first-order valence-corrected chi connectivity index (χ1v) is 11.1. The van der Waals surface area contributed by atoms with Gasteiger partial charge in [0.05, 0.1) is 23.4 Å². The van der Waals surface area contributed by atoms with Gasteiger partial charge in [0, 0.05) is 14.1 Å². The minimum Gasteiger partial charge on any atom is -0.345 e. The summed E-state index contributed by atoms with van der Waals surface area (Å²) in [5, 5.41) is 3.02. The molecule has 3 aromatic heterocycles. The van der Waals surface area contributed by atoms with Crippen LogP contribution in [0.4, 0.5) is 0 Å². The number of rotatable bonds is 7. The molecule has 0 fully saturated rings. The molecule has 4 rings (SSSR count). The molecule has 31 heavy (non-hydrogen) atoms. The average molecular weight is 442 g/mol. The van der Waals surface area contributed by atoms with Crippen molar-refractivity contribution in [1.82, 2.24) is 34.0 Å². The number of aromatic nitrogens is 6. The second kappa shape index (κ2) is 8.42. The fraction of sp³-hybridized carbons (Fsp3) is 0.350. The number of carbonyl (C=O) groups is 1. The number of carbonyl (C=O) groups excluding carboxylic acids is 1. The highest BCUT2D eigenvalue weighted by molar-refractivity contribution is 7.98. The molecule has 1 aromatic carbocycles. The van der Waals surface area contributed by atoms with Gasteiger partial charge in [-0.05, 0) is 30.6 Å². The lowest BCUT2D eigenvalue weighted by molar-refractivity contribution is -0.122. The Labute approximate surface area is 181 Å². The molecule has 10 nitrogen and oxygen atoms in total. The number of aromatic amines is 1. The van der Waals surface area contributed by atoms with Crippen LogP contribution in [0.2, 0.25) is 0 Å². The van der Waals surface area contributed by atoms with E-state index in [1.807, 2.05) is 30.5 Å². The highest BCUT2D eigenvalue weighted by Crippen LogP contribution is 2.20. The molecule has 11 heteroatoms. The molecule has 0 aliphatic carbocycles. The minimum atomic E-state index is -0.486. The van der Waals surface area contributed by atoms with Crippen molar-refractivity contribution in [3.8, 4) is 0 Å². The number of aryl methyl sites for hydroxylation is 1. The summed E-state index contributed by atoms with van der Waals surface area (Å²) in [4.78, 5) is 49.6. The predicted octanol–water partition coefficient (Wildman–Crippen LogP) is 0.921. The van der Waals surface area contributed by atoms with Crippen LogP contribution in [0.3, 0.4) is 0 Å². The molecule has 0 spiro atoms. The lowest BCUT2D eigenvalue weighted by Crippen LogP contribution is -2.38. The number of H-pyrrole nitrogens is 1. The summed E-state index contributed by atoms with van der Waals surface area (Å²) < 4.78 is 3.77. The quantitative estimate of drug-likeness (QED) is 0.440. The van der Waals surface area contributed by atoms with Crippen LogP contribution in [-0.4, -0.2) is 46.6 Å². The number of imidazole rings is 2. The summed E-state index contributed by atoms with van der Waals surface area (Å²) >= 11 is 1.69. The minimum absolute atomic E-state index is 0.0973. The first kappa shape index (κ1) is 20.9. The van der Waals surface area contributed by atoms with E-state index >= 15 is 0 Å². The van der Waals surface area contributed by atoms with Crippen molar-refractivity contribution in [3.63, 3.8) is 0 Å². The Bertz CT molecular complexity index is 1350. The van der Waals surface area contributed by atoms with E-state index in [-0.39, 0.29) is 29.7 Å². The van der Waals surface area contributed by atoms with Crippen molar-refractivity contribution in [2.75, 3.05) is 12.0 Å². The number of hydrogen-bond donors (Lipinski definition) is 2. The molecule has 0 bridgehead atoms. The van der Waals surface area contributed by atoms with Gasteiger partial charge in [-0.2, -0.15) is 11.8 Å². The van der Waals surface area contributed by atoms with Gasteiger partial charge < -0.3 is 14.9 Å². The van der Waals surface area contributed by atoms with E-state index in [4.69, 9.17) is 0 Å². The third-order valence-electron chi connectivity index (χ3n) is 5.21. The standard InChI is InChI=1S/C20H23N7O3S/c1-25-18-16(19(29)26(2)20(25)30)27(11-21-18)10-15(28)22-14(8-9-31-3)17-23-12-6-4-5-7-13(12)24-17/h4-7,11,14H,8-10H2,1-3H3,(H,22,28)(H,23,24)/t14-/m0/s1. The molecular formula is C20H23N7O3S. The largest absolute Gasteiger partial charge is 0.345 e. The number of amides is 1. The molecule has 0 aliphatic rings. The Hall–Kier alpha value is -3.34. The summed E-state index contributed by atoms with van der Waals surface area (Å²) in [6.07, 6.45) is 4.12. The molecular weight excluding hydrogens is 418 g/mol. The molecule has 3 heterocycles. The summed E-state index contributed by atoms with van der Waals surface area (Å²) in [6.45, 7) is -0.0973. The zero-order valence-electron chi connectivity index (χ0n) is 17.5.